The number of fused-ring (bicyclic) bond motifs is 1. The number of carbonyl (C=O) groups is 1. The fourth-order valence-corrected chi connectivity index (χ4v) is 4.07. The second-order valence-electron chi connectivity index (χ2n) is 6.47. The van der Waals surface area contributed by atoms with Gasteiger partial charge in [0.15, 0.2) is 17.3 Å². The van der Waals surface area contributed by atoms with E-state index in [-0.39, 0.29) is 5.56 Å². The van der Waals surface area contributed by atoms with Gasteiger partial charge in [-0.3, -0.25) is 9.52 Å². The summed E-state index contributed by atoms with van der Waals surface area (Å²) in [5, 5.41) is 19.2. The Bertz CT molecular complexity index is 1450. The Balaban J connectivity index is 1.76. The van der Waals surface area contributed by atoms with Crippen molar-refractivity contribution in [2.24, 2.45) is 0 Å². The second kappa shape index (κ2) is 7.36. The van der Waals surface area contributed by atoms with Crippen LogP contribution in [0.3, 0.4) is 0 Å². The molecule has 4 rings (SSSR count). The molecule has 31 heavy (non-hydrogen) atoms. The van der Waals surface area contributed by atoms with Crippen LogP contribution in [0.25, 0.3) is 11.0 Å². The van der Waals surface area contributed by atoms with Gasteiger partial charge in [-0.15, -0.1) is 0 Å². The Morgan fingerprint density at radius 1 is 1.06 bits per heavy atom. The molecule has 0 aliphatic rings. The average molecular weight is 445 g/mol. The first-order chi connectivity index (χ1) is 14.7. The van der Waals surface area contributed by atoms with E-state index in [1.54, 1.807) is 12.1 Å². The van der Waals surface area contributed by atoms with E-state index in [1.807, 2.05) is 4.72 Å². The van der Waals surface area contributed by atoms with Gasteiger partial charge >= 0.3 is 0 Å². The van der Waals surface area contributed by atoms with Crippen molar-refractivity contribution in [2.75, 3.05) is 4.72 Å². The monoisotopic (exact) mass is 445 g/mol. The summed E-state index contributed by atoms with van der Waals surface area (Å²) in [5.41, 5.74) is -1.31. The fourth-order valence-electron chi connectivity index (χ4n) is 2.99. The van der Waals surface area contributed by atoms with Gasteiger partial charge in [0, 0.05) is 29.4 Å². The van der Waals surface area contributed by atoms with E-state index in [9.17, 15) is 27.8 Å². The van der Waals surface area contributed by atoms with Gasteiger partial charge in [-0.1, -0.05) is 0 Å². The normalized spacial score (nSPS) is 11.5. The minimum Gasteiger partial charge on any atom is -0.504 e. The third kappa shape index (κ3) is 3.55. The maximum Gasteiger partial charge on any atom is 0.262 e. The van der Waals surface area contributed by atoms with Crippen molar-refractivity contribution in [1.29, 1.82) is 0 Å². The van der Waals surface area contributed by atoms with Crippen LogP contribution in [0.4, 0.5) is 14.5 Å². The Morgan fingerprint density at radius 2 is 1.84 bits per heavy atom. The molecule has 158 valence electrons. The van der Waals surface area contributed by atoms with Crippen LogP contribution >= 0.6 is 0 Å². The molecule has 2 aromatic carbocycles. The second-order valence-corrected chi connectivity index (χ2v) is 8.15. The number of phenolic OH excluding ortho intramolecular Hbond substituents is 2. The summed E-state index contributed by atoms with van der Waals surface area (Å²) < 4.78 is 56.4. The van der Waals surface area contributed by atoms with Gasteiger partial charge in [-0.2, -0.15) is 0 Å². The minimum atomic E-state index is -4.43. The van der Waals surface area contributed by atoms with Crippen LogP contribution in [0.5, 0.6) is 11.5 Å². The molecule has 0 saturated heterocycles. The highest BCUT2D eigenvalue weighted by molar-refractivity contribution is 7.92. The van der Waals surface area contributed by atoms with Crippen LogP contribution in [0.15, 0.2) is 59.8 Å². The number of aromatic nitrogens is 2. The molecule has 11 heteroatoms. The largest absolute Gasteiger partial charge is 0.504 e. The predicted molar refractivity (Wildman–Crippen MR) is 106 cm³/mol. The SMILES string of the molecule is O=C(c1c(F)ccc(NS(=O)(=O)c2ccc(O)c(O)c2)c1F)c1c[nH]c2ncccc12. The van der Waals surface area contributed by atoms with Crippen molar-refractivity contribution in [3.8, 4) is 11.5 Å². The number of H-pyrrole nitrogens is 1. The van der Waals surface area contributed by atoms with Crippen LogP contribution in [-0.4, -0.2) is 34.4 Å². The van der Waals surface area contributed by atoms with E-state index in [1.165, 1.54) is 12.4 Å². The molecule has 0 bridgehead atoms. The molecule has 0 atom stereocenters. The summed E-state index contributed by atoms with van der Waals surface area (Å²) in [6.45, 7) is 0. The zero-order valence-corrected chi connectivity index (χ0v) is 16.2. The van der Waals surface area contributed by atoms with Gasteiger partial charge < -0.3 is 15.2 Å². The quantitative estimate of drug-likeness (QED) is 0.275. The van der Waals surface area contributed by atoms with Crippen molar-refractivity contribution in [1.82, 2.24) is 9.97 Å². The van der Waals surface area contributed by atoms with Crippen molar-refractivity contribution >= 4 is 32.5 Å². The van der Waals surface area contributed by atoms with Crippen LogP contribution in [-0.2, 0) is 10.0 Å². The molecule has 4 aromatic rings. The first-order valence-corrected chi connectivity index (χ1v) is 10.2. The molecule has 0 aliphatic heterocycles. The molecule has 2 aromatic heterocycles. The van der Waals surface area contributed by atoms with Gasteiger partial charge in [0.2, 0.25) is 5.78 Å². The Labute approximate surface area is 173 Å². The molecule has 0 unspecified atom stereocenters. The lowest BCUT2D eigenvalue weighted by Gasteiger charge is -2.12. The number of aromatic amines is 1. The molecule has 0 saturated carbocycles. The van der Waals surface area contributed by atoms with E-state index >= 15 is 4.39 Å². The van der Waals surface area contributed by atoms with Gasteiger partial charge in [0.05, 0.1) is 16.1 Å². The number of phenols is 2. The molecule has 0 radical (unpaired) electrons. The Kier molecular flexibility index (Phi) is 4.82. The van der Waals surface area contributed by atoms with E-state index in [0.29, 0.717) is 11.0 Å². The lowest BCUT2D eigenvalue weighted by atomic mass is 10.0. The molecule has 8 nitrogen and oxygen atoms in total. The molecular formula is C20H13F2N3O5S. The molecule has 0 fully saturated rings. The first kappa shape index (κ1) is 20.3. The number of benzene rings is 2. The standard InChI is InChI=1S/C20H13F2N3O5S/c21-13-4-5-14(25-31(29,30)10-3-6-15(26)16(27)8-10)18(22)17(13)19(28)12-9-24-20-11(12)2-1-7-23-20/h1-9,25-27H,(H,23,24). The van der Waals surface area contributed by atoms with Crippen molar-refractivity contribution in [3.05, 3.63) is 77.6 Å². The lowest BCUT2D eigenvalue weighted by molar-refractivity contribution is 0.103. The third-order valence-electron chi connectivity index (χ3n) is 4.52. The highest BCUT2D eigenvalue weighted by Crippen LogP contribution is 2.30. The summed E-state index contributed by atoms with van der Waals surface area (Å²) in [7, 11) is -4.43. The number of carbonyl (C=O) groups excluding carboxylic acids is 1. The van der Waals surface area contributed by atoms with Crippen LogP contribution in [0, 0.1) is 11.6 Å². The summed E-state index contributed by atoms with van der Waals surface area (Å²) in [6.07, 6.45) is 2.74. The van der Waals surface area contributed by atoms with Crippen molar-refractivity contribution in [3.63, 3.8) is 0 Å². The number of anilines is 1. The predicted octanol–water partition coefficient (Wildman–Crippen LogP) is 3.28. The maximum absolute atomic E-state index is 15.1. The van der Waals surface area contributed by atoms with Crippen molar-refractivity contribution < 1.29 is 32.2 Å². The topological polar surface area (TPSA) is 132 Å². The number of hydrogen-bond acceptors (Lipinski definition) is 6. The zero-order chi connectivity index (χ0) is 22.3. The van der Waals surface area contributed by atoms with Gasteiger partial charge in [-0.25, -0.2) is 22.2 Å². The van der Waals surface area contributed by atoms with E-state index in [0.717, 1.165) is 30.3 Å². The van der Waals surface area contributed by atoms with Gasteiger partial charge in [0.25, 0.3) is 10.0 Å². The smallest absolute Gasteiger partial charge is 0.262 e. The Hall–Kier alpha value is -3.99. The Morgan fingerprint density at radius 3 is 2.58 bits per heavy atom. The highest BCUT2D eigenvalue weighted by Gasteiger charge is 2.26. The molecule has 0 spiro atoms. The van der Waals surface area contributed by atoms with Crippen LogP contribution < -0.4 is 4.72 Å². The summed E-state index contributed by atoms with van der Waals surface area (Å²) in [4.78, 5) is 19.1. The van der Waals surface area contributed by atoms with Crippen LogP contribution in [0.1, 0.15) is 15.9 Å². The van der Waals surface area contributed by atoms with Gasteiger partial charge in [-0.05, 0) is 36.4 Å². The number of sulfonamides is 1. The summed E-state index contributed by atoms with van der Waals surface area (Å²) >= 11 is 0. The van der Waals surface area contributed by atoms with E-state index in [2.05, 4.69) is 9.97 Å². The molecule has 0 amide bonds. The number of pyridine rings is 1. The van der Waals surface area contributed by atoms with E-state index in [4.69, 9.17) is 0 Å². The summed E-state index contributed by atoms with van der Waals surface area (Å²) in [6, 6.07) is 7.35. The number of hydrogen-bond donors (Lipinski definition) is 4. The number of ketones is 1. The number of nitrogens with zero attached hydrogens (tertiary/aromatic N) is 1. The van der Waals surface area contributed by atoms with Crippen LogP contribution in [0.2, 0.25) is 0 Å². The lowest BCUT2D eigenvalue weighted by Crippen LogP contribution is -2.16. The molecular weight excluding hydrogens is 432 g/mol. The third-order valence-corrected chi connectivity index (χ3v) is 5.88. The maximum atomic E-state index is 15.1. The first-order valence-electron chi connectivity index (χ1n) is 8.68. The van der Waals surface area contributed by atoms with Gasteiger partial charge in [0.1, 0.15) is 11.5 Å². The molecule has 0 aliphatic carbocycles. The van der Waals surface area contributed by atoms with E-state index < -0.39 is 55.1 Å². The highest BCUT2D eigenvalue weighted by atomic mass is 32.2. The fraction of sp³-hybridized carbons (Fsp3) is 0. The summed E-state index contributed by atoms with van der Waals surface area (Å²) in [5.74, 6) is -4.84. The van der Waals surface area contributed by atoms with Crippen molar-refractivity contribution in [2.45, 2.75) is 4.90 Å². The zero-order valence-electron chi connectivity index (χ0n) is 15.4. The molecule has 2 heterocycles. The average Bonchev–Trinajstić information content (AvgIpc) is 3.16. The number of nitrogens with one attached hydrogen (secondary N) is 2. The number of halogens is 2. The number of rotatable bonds is 5. The number of aromatic hydroxyl groups is 2. The minimum absolute atomic E-state index is 0.0376. The molecule has 4 N–H and O–H groups in total.